The zero-order valence-electron chi connectivity index (χ0n) is 17.5. The third-order valence-corrected chi connectivity index (χ3v) is 6.13. The number of ether oxygens (including phenoxy) is 1. The van der Waals surface area contributed by atoms with Gasteiger partial charge in [0.2, 0.25) is 0 Å². The molecule has 164 valence electrons. The Kier molecular flexibility index (Phi) is 9.76. The van der Waals surface area contributed by atoms with Gasteiger partial charge in [0, 0.05) is 26.2 Å². The van der Waals surface area contributed by atoms with Gasteiger partial charge >= 0.3 is 0 Å². The molecule has 2 aromatic carbocycles. The molecule has 2 rings (SSSR count). The van der Waals surface area contributed by atoms with E-state index < -0.39 is 15.7 Å². The predicted octanol–water partition coefficient (Wildman–Crippen LogP) is 3.32. The molecule has 0 aliphatic heterocycles. The summed E-state index contributed by atoms with van der Waals surface area (Å²) in [6.45, 7) is 5.83. The van der Waals surface area contributed by atoms with Gasteiger partial charge in [-0.15, -0.1) is 0 Å². The molecule has 2 aromatic rings. The van der Waals surface area contributed by atoms with Gasteiger partial charge in [-0.3, -0.25) is 4.99 Å². The minimum Gasteiger partial charge on any atom is -0.374 e. The van der Waals surface area contributed by atoms with E-state index in [1.54, 1.807) is 0 Å². The first-order valence-electron chi connectivity index (χ1n) is 10.1. The molecule has 1 unspecified atom stereocenters. The number of nitrogens with one attached hydrogen (secondary N) is 2. The van der Waals surface area contributed by atoms with Crippen molar-refractivity contribution < 1.29 is 17.5 Å². The molecular weight excluding hydrogens is 405 g/mol. The highest BCUT2D eigenvalue weighted by Crippen LogP contribution is 2.16. The molecule has 0 fully saturated rings. The SMILES string of the molecule is CCNC(=NCCCOC(C)c1ccccc1)NCCS(=O)(=O)c1ccccc1F. The normalized spacial score (nSPS) is 13.1. The molecule has 0 aliphatic rings. The predicted molar refractivity (Wildman–Crippen MR) is 118 cm³/mol. The van der Waals surface area contributed by atoms with Crippen LogP contribution < -0.4 is 10.6 Å². The van der Waals surface area contributed by atoms with Gasteiger partial charge in [-0.1, -0.05) is 42.5 Å². The second-order valence-electron chi connectivity index (χ2n) is 6.71. The second kappa shape index (κ2) is 12.3. The van der Waals surface area contributed by atoms with Gasteiger partial charge in [0.05, 0.1) is 11.9 Å². The summed E-state index contributed by atoms with van der Waals surface area (Å²) in [5.74, 6) is -0.434. The molecule has 8 heteroatoms. The maximum absolute atomic E-state index is 13.7. The largest absolute Gasteiger partial charge is 0.374 e. The van der Waals surface area contributed by atoms with Crippen LogP contribution in [0.3, 0.4) is 0 Å². The Morgan fingerprint density at radius 3 is 2.50 bits per heavy atom. The van der Waals surface area contributed by atoms with Crippen LogP contribution in [0.25, 0.3) is 0 Å². The van der Waals surface area contributed by atoms with Crippen LogP contribution in [-0.4, -0.2) is 46.4 Å². The van der Waals surface area contributed by atoms with Gasteiger partial charge in [-0.25, -0.2) is 12.8 Å². The molecule has 0 amide bonds. The highest BCUT2D eigenvalue weighted by molar-refractivity contribution is 7.91. The number of guanidine groups is 1. The van der Waals surface area contributed by atoms with Crippen molar-refractivity contribution in [1.82, 2.24) is 10.6 Å². The Bertz CT molecular complexity index is 905. The zero-order chi connectivity index (χ0) is 21.8. The van der Waals surface area contributed by atoms with Crippen LogP contribution in [0.15, 0.2) is 64.5 Å². The lowest BCUT2D eigenvalue weighted by Crippen LogP contribution is -2.39. The van der Waals surface area contributed by atoms with E-state index in [0.717, 1.165) is 18.1 Å². The molecular formula is C22H30FN3O3S. The van der Waals surface area contributed by atoms with E-state index in [2.05, 4.69) is 15.6 Å². The van der Waals surface area contributed by atoms with Crippen LogP contribution in [0, 0.1) is 5.82 Å². The topological polar surface area (TPSA) is 79.8 Å². The number of sulfone groups is 1. The Labute approximate surface area is 178 Å². The number of aliphatic imine (C=N–C) groups is 1. The summed E-state index contributed by atoms with van der Waals surface area (Å²) in [4.78, 5) is 4.16. The van der Waals surface area contributed by atoms with E-state index >= 15 is 0 Å². The lowest BCUT2D eigenvalue weighted by molar-refractivity contribution is 0.0652. The van der Waals surface area contributed by atoms with Crippen LogP contribution in [0.4, 0.5) is 4.39 Å². The summed E-state index contributed by atoms with van der Waals surface area (Å²) in [6.07, 6.45) is 0.756. The molecule has 0 saturated carbocycles. The number of benzene rings is 2. The summed E-state index contributed by atoms with van der Waals surface area (Å²) in [7, 11) is -3.71. The van der Waals surface area contributed by atoms with Crippen molar-refractivity contribution in [2.45, 2.75) is 31.3 Å². The molecule has 0 aliphatic carbocycles. The highest BCUT2D eigenvalue weighted by atomic mass is 32.2. The summed E-state index contributed by atoms with van der Waals surface area (Å²) < 4.78 is 44.2. The Morgan fingerprint density at radius 1 is 1.10 bits per heavy atom. The quantitative estimate of drug-likeness (QED) is 0.322. The number of rotatable bonds is 11. The van der Waals surface area contributed by atoms with Crippen molar-refractivity contribution in [3.8, 4) is 0 Å². The van der Waals surface area contributed by atoms with Gasteiger partial charge in [-0.2, -0.15) is 0 Å². The van der Waals surface area contributed by atoms with E-state index in [-0.39, 0.29) is 23.3 Å². The first-order chi connectivity index (χ1) is 14.4. The van der Waals surface area contributed by atoms with Crippen molar-refractivity contribution in [2.24, 2.45) is 4.99 Å². The van der Waals surface area contributed by atoms with Gasteiger partial charge in [0.15, 0.2) is 15.8 Å². The maximum Gasteiger partial charge on any atom is 0.191 e. The smallest absolute Gasteiger partial charge is 0.191 e. The summed E-state index contributed by atoms with van der Waals surface area (Å²) in [6, 6.07) is 15.4. The molecule has 6 nitrogen and oxygen atoms in total. The number of nitrogens with zero attached hydrogens (tertiary/aromatic N) is 1. The number of hydrogen-bond acceptors (Lipinski definition) is 4. The average molecular weight is 436 g/mol. The molecule has 30 heavy (non-hydrogen) atoms. The fourth-order valence-corrected chi connectivity index (χ4v) is 4.03. The van der Waals surface area contributed by atoms with E-state index in [0.29, 0.717) is 25.7 Å². The summed E-state index contributed by atoms with van der Waals surface area (Å²) in [5, 5.41) is 6.06. The highest BCUT2D eigenvalue weighted by Gasteiger charge is 2.18. The standard InChI is InChI=1S/C22H30FN3O3S/c1-3-24-22(25-14-9-16-29-18(2)19-10-5-4-6-11-19)26-15-17-30(27,28)21-13-8-7-12-20(21)23/h4-8,10-13,18H,3,9,14-17H2,1-2H3,(H2,24,25,26). The molecule has 2 N–H and O–H groups in total. The lowest BCUT2D eigenvalue weighted by Gasteiger charge is -2.14. The second-order valence-corrected chi connectivity index (χ2v) is 8.79. The molecule has 0 heterocycles. The first kappa shape index (κ1) is 23.8. The molecule has 0 spiro atoms. The average Bonchev–Trinajstić information content (AvgIpc) is 2.74. The van der Waals surface area contributed by atoms with Crippen molar-refractivity contribution in [3.63, 3.8) is 0 Å². The van der Waals surface area contributed by atoms with Crippen LogP contribution in [-0.2, 0) is 14.6 Å². The monoisotopic (exact) mass is 435 g/mol. The van der Waals surface area contributed by atoms with Crippen LogP contribution in [0.2, 0.25) is 0 Å². The van der Waals surface area contributed by atoms with Crippen molar-refractivity contribution in [1.29, 1.82) is 0 Å². The zero-order valence-corrected chi connectivity index (χ0v) is 18.3. The number of halogens is 1. The molecule has 1 atom stereocenters. The van der Waals surface area contributed by atoms with Gasteiger partial charge in [-0.05, 0) is 38.0 Å². The van der Waals surface area contributed by atoms with E-state index in [1.807, 2.05) is 44.2 Å². The van der Waals surface area contributed by atoms with Gasteiger partial charge < -0.3 is 15.4 Å². The molecule has 0 aromatic heterocycles. The van der Waals surface area contributed by atoms with E-state index in [4.69, 9.17) is 4.74 Å². The fraction of sp³-hybridized carbons (Fsp3) is 0.409. The van der Waals surface area contributed by atoms with E-state index in [9.17, 15) is 12.8 Å². The Hall–Kier alpha value is -2.45. The van der Waals surface area contributed by atoms with Crippen LogP contribution >= 0.6 is 0 Å². The van der Waals surface area contributed by atoms with Crippen molar-refractivity contribution in [2.75, 3.05) is 32.0 Å². The van der Waals surface area contributed by atoms with Crippen molar-refractivity contribution >= 4 is 15.8 Å². The van der Waals surface area contributed by atoms with Crippen LogP contribution in [0.1, 0.15) is 31.9 Å². The van der Waals surface area contributed by atoms with Gasteiger partial charge in [0.25, 0.3) is 0 Å². The lowest BCUT2D eigenvalue weighted by atomic mass is 10.1. The third-order valence-electron chi connectivity index (χ3n) is 4.39. The van der Waals surface area contributed by atoms with Crippen molar-refractivity contribution in [3.05, 3.63) is 66.0 Å². The minimum atomic E-state index is -3.71. The van der Waals surface area contributed by atoms with E-state index in [1.165, 1.54) is 18.2 Å². The summed E-state index contributed by atoms with van der Waals surface area (Å²) >= 11 is 0. The molecule has 0 saturated heterocycles. The van der Waals surface area contributed by atoms with Gasteiger partial charge in [0.1, 0.15) is 10.7 Å². The Morgan fingerprint density at radius 2 is 1.80 bits per heavy atom. The maximum atomic E-state index is 13.7. The van der Waals surface area contributed by atoms with Crippen LogP contribution in [0.5, 0.6) is 0 Å². The minimum absolute atomic E-state index is 0.0186. The Balaban J connectivity index is 1.77. The first-order valence-corrected chi connectivity index (χ1v) is 11.7. The third kappa shape index (κ3) is 7.76. The summed E-state index contributed by atoms with van der Waals surface area (Å²) in [5.41, 5.74) is 1.13. The fourth-order valence-electron chi connectivity index (χ4n) is 2.79. The molecule has 0 bridgehead atoms. The number of hydrogen-bond donors (Lipinski definition) is 2. The molecule has 0 radical (unpaired) electrons.